The third kappa shape index (κ3) is 3.56. The van der Waals surface area contributed by atoms with Gasteiger partial charge in [-0.25, -0.2) is 4.79 Å². The Morgan fingerprint density at radius 1 is 1.50 bits per heavy atom. The number of carbonyl (C=O) groups is 2. The van der Waals surface area contributed by atoms with E-state index in [4.69, 9.17) is 4.74 Å². The number of hydrogen-bond donors (Lipinski definition) is 1. The summed E-state index contributed by atoms with van der Waals surface area (Å²) >= 11 is 0. The Morgan fingerprint density at radius 3 is 2.83 bits per heavy atom. The predicted molar refractivity (Wildman–Crippen MR) is 62.9 cm³/mol. The summed E-state index contributed by atoms with van der Waals surface area (Å²) in [5.74, 6) is -0.782. The molecule has 0 atom stereocenters. The van der Waals surface area contributed by atoms with Crippen LogP contribution in [0.4, 0.5) is 0 Å². The normalized spacial score (nSPS) is 10.2. The fourth-order valence-corrected chi connectivity index (χ4v) is 1.41. The Labute approximate surface area is 105 Å². The fourth-order valence-electron chi connectivity index (χ4n) is 1.41. The Morgan fingerprint density at radius 2 is 2.22 bits per heavy atom. The van der Waals surface area contributed by atoms with E-state index in [0.717, 1.165) is 0 Å². The molecular formula is C11H17N3O4. The molecule has 0 unspecified atom stereocenters. The zero-order valence-corrected chi connectivity index (χ0v) is 10.7. The van der Waals surface area contributed by atoms with E-state index >= 15 is 0 Å². The largest absolute Gasteiger partial charge is 0.468 e. The van der Waals surface area contributed by atoms with Gasteiger partial charge < -0.3 is 14.8 Å². The van der Waals surface area contributed by atoms with Gasteiger partial charge in [-0.05, 0) is 6.92 Å². The molecule has 100 valence electrons. The molecule has 18 heavy (non-hydrogen) atoms. The molecule has 0 aliphatic heterocycles. The monoisotopic (exact) mass is 255 g/mol. The van der Waals surface area contributed by atoms with Gasteiger partial charge in [0.15, 0.2) is 0 Å². The smallest absolute Gasteiger partial charge is 0.341 e. The molecular weight excluding hydrogens is 238 g/mol. The van der Waals surface area contributed by atoms with Crippen molar-refractivity contribution in [2.24, 2.45) is 7.05 Å². The Kier molecular flexibility index (Phi) is 5.31. The molecule has 0 spiro atoms. The van der Waals surface area contributed by atoms with E-state index in [-0.39, 0.29) is 12.5 Å². The Bertz CT molecular complexity index is 428. The van der Waals surface area contributed by atoms with Crippen molar-refractivity contribution in [2.75, 3.05) is 20.3 Å². The lowest BCUT2D eigenvalue weighted by Crippen LogP contribution is -2.25. The van der Waals surface area contributed by atoms with Crippen LogP contribution < -0.4 is 5.32 Å². The van der Waals surface area contributed by atoms with Crippen molar-refractivity contribution in [3.05, 3.63) is 17.5 Å². The lowest BCUT2D eigenvalue weighted by molar-refractivity contribution is -0.139. The average molecular weight is 255 g/mol. The minimum atomic E-state index is -0.416. The standard InChI is InChI=1S/C11H17N3O4/c1-4-18-11(16)8-5-13-14(2)9(8)6-12-7-10(15)17-3/h5,12H,4,6-7H2,1-3H3. The van der Waals surface area contributed by atoms with E-state index in [0.29, 0.717) is 24.4 Å². The van der Waals surface area contributed by atoms with Crippen LogP contribution in [0.1, 0.15) is 23.0 Å². The highest BCUT2D eigenvalue weighted by atomic mass is 16.5. The minimum absolute atomic E-state index is 0.0734. The third-order valence-corrected chi connectivity index (χ3v) is 2.35. The molecule has 0 saturated heterocycles. The van der Waals surface area contributed by atoms with Crippen molar-refractivity contribution in [3.63, 3.8) is 0 Å². The molecule has 0 fully saturated rings. The van der Waals surface area contributed by atoms with Gasteiger partial charge in [-0.1, -0.05) is 0 Å². The van der Waals surface area contributed by atoms with Crippen LogP contribution in [-0.2, 0) is 27.9 Å². The number of aromatic nitrogens is 2. The quantitative estimate of drug-likeness (QED) is 0.712. The summed E-state index contributed by atoms with van der Waals surface area (Å²) < 4.78 is 11.0. The van der Waals surface area contributed by atoms with Gasteiger partial charge in [-0.15, -0.1) is 0 Å². The molecule has 1 aromatic rings. The van der Waals surface area contributed by atoms with Gasteiger partial charge in [0, 0.05) is 13.6 Å². The first-order valence-corrected chi connectivity index (χ1v) is 5.55. The van der Waals surface area contributed by atoms with Gasteiger partial charge in [0.05, 0.1) is 32.2 Å². The molecule has 1 aromatic heterocycles. The first-order valence-electron chi connectivity index (χ1n) is 5.55. The minimum Gasteiger partial charge on any atom is -0.468 e. The second-order valence-electron chi connectivity index (χ2n) is 3.53. The van der Waals surface area contributed by atoms with E-state index < -0.39 is 5.97 Å². The molecule has 7 nitrogen and oxygen atoms in total. The maximum atomic E-state index is 11.6. The maximum absolute atomic E-state index is 11.6. The lowest BCUT2D eigenvalue weighted by atomic mass is 10.2. The van der Waals surface area contributed by atoms with Gasteiger partial charge in [-0.2, -0.15) is 5.10 Å². The van der Waals surface area contributed by atoms with Gasteiger partial charge in [-0.3, -0.25) is 9.48 Å². The van der Waals surface area contributed by atoms with Crippen LogP contribution in [0, 0.1) is 0 Å². The summed E-state index contributed by atoms with van der Waals surface area (Å²) in [6.45, 7) is 2.45. The van der Waals surface area contributed by atoms with Gasteiger partial charge in [0.1, 0.15) is 5.56 Å². The number of nitrogens with one attached hydrogen (secondary N) is 1. The van der Waals surface area contributed by atoms with Crippen molar-refractivity contribution >= 4 is 11.9 Å². The summed E-state index contributed by atoms with van der Waals surface area (Å²) in [4.78, 5) is 22.6. The van der Waals surface area contributed by atoms with Crippen LogP contribution in [-0.4, -0.2) is 42.0 Å². The van der Waals surface area contributed by atoms with E-state index in [1.165, 1.54) is 13.3 Å². The summed E-state index contributed by atoms with van der Waals surface area (Å²) in [5, 5.41) is 6.87. The van der Waals surface area contributed by atoms with Crippen molar-refractivity contribution in [2.45, 2.75) is 13.5 Å². The van der Waals surface area contributed by atoms with Crippen LogP contribution >= 0.6 is 0 Å². The molecule has 0 aliphatic carbocycles. The van der Waals surface area contributed by atoms with Crippen LogP contribution in [0.2, 0.25) is 0 Å². The van der Waals surface area contributed by atoms with E-state index in [9.17, 15) is 9.59 Å². The molecule has 0 amide bonds. The lowest BCUT2D eigenvalue weighted by Gasteiger charge is -2.07. The highest BCUT2D eigenvalue weighted by Crippen LogP contribution is 2.09. The topological polar surface area (TPSA) is 82.5 Å². The van der Waals surface area contributed by atoms with Crippen LogP contribution in [0.5, 0.6) is 0 Å². The molecule has 7 heteroatoms. The highest BCUT2D eigenvalue weighted by molar-refractivity contribution is 5.90. The SMILES string of the molecule is CCOC(=O)c1cnn(C)c1CNCC(=O)OC. The Hall–Kier alpha value is -1.89. The number of ether oxygens (including phenoxy) is 2. The molecule has 0 saturated carbocycles. The highest BCUT2D eigenvalue weighted by Gasteiger charge is 2.16. The van der Waals surface area contributed by atoms with E-state index in [2.05, 4.69) is 15.2 Å². The van der Waals surface area contributed by atoms with Crippen molar-refractivity contribution in [1.82, 2.24) is 15.1 Å². The van der Waals surface area contributed by atoms with Crippen molar-refractivity contribution < 1.29 is 19.1 Å². The van der Waals surface area contributed by atoms with Crippen LogP contribution in [0.3, 0.4) is 0 Å². The third-order valence-electron chi connectivity index (χ3n) is 2.35. The van der Waals surface area contributed by atoms with Gasteiger partial charge >= 0.3 is 11.9 Å². The molecule has 0 radical (unpaired) electrons. The van der Waals surface area contributed by atoms with Crippen LogP contribution in [0.25, 0.3) is 0 Å². The summed E-state index contributed by atoms with van der Waals surface area (Å²) in [6.07, 6.45) is 1.45. The number of methoxy groups -OCH3 is 1. The molecule has 0 bridgehead atoms. The maximum Gasteiger partial charge on any atom is 0.341 e. The second kappa shape index (κ2) is 6.75. The van der Waals surface area contributed by atoms with E-state index in [1.807, 2.05) is 0 Å². The van der Waals surface area contributed by atoms with E-state index in [1.54, 1.807) is 18.7 Å². The summed E-state index contributed by atoms with van der Waals surface area (Å²) in [5.41, 5.74) is 1.06. The zero-order chi connectivity index (χ0) is 13.5. The predicted octanol–water partition coefficient (Wildman–Crippen LogP) is -0.141. The first-order chi connectivity index (χ1) is 8.60. The summed E-state index contributed by atoms with van der Waals surface area (Å²) in [7, 11) is 3.04. The van der Waals surface area contributed by atoms with Gasteiger partial charge in [0.2, 0.25) is 0 Å². The first kappa shape index (κ1) is 14.2. The average Bonchev–Trinajstić information content (AvgIpc) is 2.71. The zero-order valence-electron chi connectivity index (χ0n) is 10.7. The number of rotatable bonds is 6. The second-order valence-corrected chi connectivity index (χ2v) is 3.53. The Balaban J connectivity index is 2.66. The van der Waals surface area contributed by atoms with Crippen LogP contribution in [0.15, 0.2) is 6.20 Å². The molecule has 1 heterocycles. The molecule has 0 aromatic carbocycles. The number of esters is 2. The molecule has 1 N–H and O–H groups in total. The van der Waals surface area contributed by atoms with Crippen molar-refractivity contribution in [1.29, 1.82) is 0 Å². The van der Waals surface area contributed by atoms with Gasteiger partial charge in [0.25, 0.3) is 0 Å². The fraction of sp³-hybridized carbons (Fsp3) is 0.545. The number of carbonyl (C=O) groups excluding carboxylic acids is 2. The summed E-state index contributed by atoms with van der Waals surface area (Å²) in [6, 6.07) is 0. The number of aryl methyl sites for hydroxylation is 1. The molecule has 1 rings (SSSR count). The molecule has 0 aliphatic rings. The number of nitrogens with zero attached hydrogens (tertiary/aromatic N) is 2. The number of hydrogen-bond acceptors (Lipinski definition) is 6. The van der Waals surface area contributed by atoms with Crippen molar-refractivity contribution in [3.8, 4) is 0 Å².